The van der Waals surface area contributed by atoms with Gasteiger partial charge in [0.25, 0.3) is 5.91 Å². The molecule has 2 amide bonds. The van der Waals surface area contributed by atoms with Gasteiger partial charge in [0.15, 0.2) is 5.69 Å². The molecule has 3 rings (SSSR count). The maximum atomic E-state index is 13.0. The molecule has 126 valence electrons. The lowest BCUT2D eigenvalue weighted by Gasteiger charge is -2.33. The average Bonchev–Trinajstić information content (AvgIpc) is 3.11. The minimum Gasteiger partial charge on any atom is -0.357 e. The van der Waals surface area contributed by atoms with Crippen molar-refractivity contribution in [3.8, 4) is 5.69 Å². The van der Waals surface area contributed by atoms with Gasteiger partial charge in [-0.25, -0.2) is 9.07 Å². The number of hydrogen-bond donors (Lipinski definition) is 1. The molecule has 1 saturated heterocycles. The van der Waals surface area contributed by atoms with Crippen LogP contribution in [0.1, 0.15) is 29.8 Å². The molecule has 1 aliphatic heterocycles. The number of carbonyl (C=O) groups excluding carboxylic acids is 2. The molecule has 2 aromatic rings. The van der Waals surface area contributed by atoms with Crippen LogP contribution in [-0.4, -0.2) is 46.1 Å². The summed E-state index contributed by atoms with van der Waals surface area (Å²) in [7, 11) is 1.57. The number of nitrogens with zero attached hydrogens (tertiary/aromatic N) is 3. The quantitative estimate of drug-likeness (QED) is 0.932. The Labute approximate surface area is 139 Å². The van der Waals surface area contributed by atoms with Gasteiger partial charge in [-0.3, -0.25) is 9.59 Å². The van der Waals surface area contributed by atoms with Crippen molar-refractivity contribution in [2.45, 2.75) is 25.3 Å². The number of piperidine rings is 1. The molecule has 7 heteroatoms. The van der Waals surface area contributed by atoms with Crippen LogP contribution in [0.15, 0.2) is 36.5 Å². The van der Waals surface area contributed by atoms with Gasteiger partial charge < -0.3 is 10.2 Å². The molecule has 1 aromatic heterocycles. The Bertz CT molecular complexity index is 741. The van der Waals surface area contributed by atoms with Gasteiger partial charge in [0, 0.05) is 19.8 Å². The number of hydrogen-bond acceptors (Lipinski definition) is 3. The van der Waals surface area contributed by atoms with Crippen LogP contribution in [0.25, 0.3) is 5.69 Å². The third-order valence-corrected chi connectivity index (χ3v) is 4.21. The number of halogens is 1. The van der Waals surface area contributed by atoms with E-state index in [1.807, 2.05) is 0 Å². The van der Waals surface area contributed by atoms with E-state index < -0.39 is 6.04 Å². The van der Waals surface area contributed by atoms with Gasteiger partial charge in [-0.2, -0.15) is 5.10 Å². The number of carbonyl (C=O) groups is 2. The van der Waals surface area contributed by atoms with Gasteiger partial charge in [-0.1, -0.05) is 0 Å². The first-order valence-electron chi connectivity index (χ1n) is 7.94. The van der Waals surface area contributed by atoms with E-state index in [4.69, 9.17) is 0 Å². The van der Waals surface area contributed by atoms with Gasteiger partial charge in [-0.15, -0.1) is 0 Å². The summed E-state index contributed by atoms with van der Waals surface area (Å²) in [6.45, 7) is 0.542. The highest BCUT2D eigenvalue weighted by Gasteiger charge is 2.32. The van der Waals surface area contributed by atoms with Crippen LogP contribution in [0.3, 0.4) is 0 Å². The Balaban J connectivity index is 1.82. The fraction of sp³-hybridized carbons (Fsp3) is 0.353. The molecule has 0 saturated carbocycles. The Morgan fingerprint density at radius 1 is 1.21 bits per heavy atom. The molecule has 0 spiro atoms. The first-order valence-corrected chi connectivity index (χ1v) is 7.94. The molecule has 0 unspecified atom stereocenters. The van der Waals surface area contributed by atoms with Crippen LogP contribution in [0.2, 0.25) is 0 Å². The summed E-state index contributed by atoms with van der Waals surface area (Å²) in [5, 5.41) is 6.89. The summed E-state index contributed by atoms with van der Waals surface area (Å²) in [6.07, 6.45) is 4.10. The normalized spacial score (nSPS) is 17.6. The van der Waals surface area contributed by atoms with Gasteiger partial charge in [0.05, 0.1) is 5.69 Å². The summed E-state index contributed by atoms with van der Waals surface area (Å²) >= 11 is 0. The number of likely N-dealkylation sites (tertiary alicyclic amines) is 1. The lowest BCUT2D eigenvalue weighted by atomic mass is 10.0. The molecule has 0 radical (unpaired) electrons. The third kappa shape index (κ3) is 3.15. The smallest absolute Gasteiger partial charge is 0.275 e. The van der Waals surface area contributed by atoms with Crippen molar-refractivity contribution in [3.63, 3.8) is 0 Å². The number of aromatic nitrogens is 2. The van der Waals surface area contributed by atoms with Crippen LogP contribution >= 0.6 is 0 Å². The molecular formula is C17H19FN4O2. The van der Waals surface area contributed by atoms with Crippen LogP contribution in [0.5, 0.6) is 0 Å². The second-order valence-electron chi connectivity index (χ2n) is 5.75. The second kappa shape index (κ2) is 6.82. The summed E-state index contributed by atoms with van der Waals surface area (Å²) in [4.78, 5) is 26.3. The van der Waals surface area contributed by atoms with E-state index in [1.165, 1.54) is 16.8 Å². The molecule has 0 aliphatic carbocycles. The highest BCUT2D eigenvalue weighted by molar-refractivity contribution is 5.96. The first-order chi connectivity index (χ1) is 11.6. The largest absolute Gasteiger partial charge is 0.357 e. The van der Waals surface area contributed by atoms with E-state index in [2.05, 4.69) is 10.4 Å². The molecule has 24 heavy (non-hydrogen) atoms. The van der Waals surface area contributed by atoms with E-state index in [0.29, 0.717) is 18.7 Å². The fourth-order valence-corrected chi connectivity index (χ4v) is 2.94. The minimum absolute atomic E-state index is 0.152. The van der Waals surface area contributed by atoms with Crippen molar-refractivity contribution in [1.82, 2.24) is 20.0 Å². The van der Waals surface area contributed by atoms with E-state index in [1.54, 1.807) is 36.3 Å². The van der Waals surface area contributed by atoms with Crippen molar-refractivity contribution >= 4 is 11.8 Å². The van der Waals surface area contributed by atoms with E-state index >= 15 is 0 Å². The lowest BCUT2D eigenvalue weighted by molar-refractivity contribution is -0.126. The highest BCUT2D eigenvalue weighted by atomic mass is 19.1. The fourth-order valence-electron chi connectivity index (χ4n) is 2.94. The maximum absolute atomic E-state index is 13.0. The first kappa shape index (κ1) is 16.2. The zero-order chi connectivity index (χ0) is 17.1. The number of likely N-dealkylation sites (N-methyl/N-ethyl adjacent to an activating group) is 1. The summed E-state index contributed by atoms with van der Waals surface area (Å²) in [5.74, 6) is -0.742. The van der Waals surface area contributed by atoms with Crippen LogP contribution < -0.4 is 5.32 Å². The number of rotatable bonds is 3. The molecule has 1 atom stereocenters. The van der Waals surface area contributed by atoms with Crippen molar-refractivity contribution < 1.29 is 14.0 Å². The number of nitrogens with one attached hydrogen (secondary N) is 1. The van der Waals surface area contributed by atoms with Gasteiger partial charge >= 0.3 is 0 Å². The molecule has 6 nitrogen and oxygen atoms in total. The zero-order valence-corrected chi connectivity index (χ0v) is 13.4. The monoisotopic (exact) mass is 330 g/mol. The summed E-state index contributed by atoms with van der Waals surface area (Å²) in [6, 6.07) is 7.01. The van der Waals surface area contributed by atoms with Crippen LogP contribution in [0, 0.1) is 5.82 Å². The van der Waals surface area contributed by atoms with Gasteiger partial charge in [0.2, 0.25) is 5.91 Å². The minimum atomic E-state index is -0.452. The summed E-state index contributed by atoms with van der Waals surface area (Å²) in [5.41, 5.74) is 0.937. The van der Waals surface area contributed by atoms with E-state index in [-0.39, 0.29) is 23.3 Å². The lowest BCUT2D eigenvalue weighted by Crippen LogP contribution is -2.51. The topological polar surface area (TPSA) is 67.2 Å². The van der Waals surface area contributed by atoms with E-state index in [0.717, 1.165) is 12.8 Å². The molecule has 1 fully saturated rings. The van der Waals surface area contributed by atoms with Crippen LogP contribution in [0.4, 0.5) is 4.39 Å². The maximum Gasteiger partial charge on any atom is 0.275 e. The van der Waals surface area contributed by atoms with Gasteiger partial charge in [-0.05, 0) is 49.6 Å². The van der Waals surface area contributed by atoms with Crippen molar-refractivity contribution in [2.75, 3.05) is 13.6 Å². The SMILES string of the molecule is CNC(=O)[C@H]1CCCCN1C(=O)c1ccn(-c2ccc(F)cc2)n1. The Kier molecular flexibility index (Phi) is 4.59. The Morgan fingerprint density at radius 3 is 2.67 bits per heavy atom. The molecule has 1 N–H and O–H groups in total. The number of benzene rings is 1. The predicted molar refractivity (Wildman–Crippen MR) is 86.3 cm³/mol. The predicted octanol–water partition coefficient (Wildman–Crippen LogP) is 1.75. The van der Waals surface area contributed by atoms with Crippen molar-refractivity contribution in [3.05, 3.63) is 48.0 Å². The Hall–Kier alpha value is -2.70. The number of amides is 2. The van der Waals surface area contributed by atoms with Crippen LogP contribution in [-0.2, 0) is 4.79 Å². The van der Waals surface area contributed by atoms with E-state index in [9.17, 15) is 14.0 Å². The highest BCUT2D eigenvalue weighted by Crippen LogP contribution is 2.20. The average molecular weight is 330 g/mol. The van der Waals surface area contributed by atoms with Gasteiger partial charge in [0.1, 0.15) is 11.9 Å². The van der Waals surface area contributed by atoms with Crippen molar-refractivity contribution in [2.24, 2.45) is 0 Å². The molecular weight excluding hydrogens is 311 g/mol. The molecule has 0 bridgehead atoms. The Morgan fingerprint density at radius 2 is 1.96 bits per heavy atom. The zero-order valence-electron chi connectivity index (χ0n) is 13.4. The molecule has 2 heterocycles. The standard InChI is InChI=1S/C17H19FN4O2/c1-19-16(23)15-4-2-3-10-21(15)17(24)14-9-11-22(20-14)13-7-5-12(18)6-8-13/h5-9,11,15H,2-4,10H2,1H3,(H,19,23)/t15-/m1/s1. The molecule has 1 aliphatic rings. The second-order valence-corrected chi connectivity index (χ2v) is 5.75. The van der Waals surface area contributed by atoms with Crippen molar-refractivity contribution in [1.29, 1.82) is 0 Å². The molecule has 1 aromatic carbocycles. The third-order valence-electron chi connectivity index (χ3n) is 4.21. The summed E-state index contributed by atoms with van der Waals surface area (Å²) < 4.78 is 14.5.